The van der Waals surface area contributed by atoms with Gasteiger partial charge in [0.1, 0.15) is 0 Å². The molecule has 1 aliphatic rings. The minimum absolute atomic E-state index is 0.398. The van der Waals surface area contributed by atoms with Gasteiger partial charge in [0.2, 0.25) is 0 Å². The van der Waals surface area contributed by atoms with Gasteiger partial charge < -0.3 is 5.73 Å². The van der Waals surface area contributed by atoms with Gasteiger partial charge in [-0.25, -0.2) is 0 Å². The molecule has 0 aromatic heterocycles. The number of thioether (sulfide) groups is 1. The Balaban J connectivity index is 2.18. The standard InChI is InChI=1S/C13H19NS/c1-13(2)11(8-14)12(13)9-4-6-10(15-3)7-5-9/h4-7,11-12H,8,14H2,1-3H3/t11-,12-/m1/s1. The van der Waals surface area contributed by atoms with Gasteiger partial charge in [-0.3, -0.25) is 0 Å². The molecule has 1 aromatic rings. The molecule has 1 aliphatic carbocycles. The third-order valence-corrected chi connectivity index (χ3v) is 4.52. The van der Waals surface area contributed by atoms with E-state index in [4.69, 9.17) is 5.73 Å². The van der Waals surface area contributed by atoms with Gasteiger partial charge in [0.25, 0.3) is 0 Å². The number of hydrogen-bond donors (Lipinski definition) is 1. The summed E-state index contributed by atoms with van der Waals surface area (Å²) in [7, 11) is 0. The Hall–Kier alpha value is -0.470. The molecule has 0 heterocycles. The maximum absolute atomic E-state index is 5.79. The predicted molar refractivity (Wildman–Crippen MR) is 67.3 cm³/mol. The topological polar surface area (TPSA) is 26.0 Å². The van der Waals surface area contributed by atoms with E-state index in [2.05, 4.69) is 44.4 Å². The van der Waals surface area contributed by atoms with E-state index >= 15 is 0 Å². The van der Waals surface area contributed by atoms with E-state index in [0.29, 0.717) is 17.3 Å². The van der Waals surface area contributed by atoms with Crippen molar-refractivity contribution in [2.75, 3.05) is 12.8 Å². The Morgan fingerprint density at radius 3 is 2.27 bits per heavy atom. The summed E-state index contributed by atoms with van der Waals surface area (Å²) in [6, 6.07) is 8.94. The monoisotopic (exact) mass is 221 g/mol. The van der Waals surface area contributed by atoms with E-state index in [0.717, 1.165) is 6.54 Å². The fraction of sp³-hybridized carbons (Fsp3) is 0.538. The van der Waals surface area contributed by atoms with Crippen LogP contribution in [0, 0.1) is 11.3 Å². The molecule has 15 heavy (non-hydrogen) atoms. The summed E-state index contributed by atoms with van der Waals surface area (Å²) in [5, 5.41) is 0. The van der Waals surface area contributed by atoms with Gasteiger partial charge >= 0.3 is 0 Å². The highest BCUT2D eigenvalue weighted by Crippen LogP contribution is 2.63. The van der Waals surface area contributed by atoms with Gasteiger partial charge in [-0.1, -0.05) is 26.0 Å². The minimum atomic E-state index is 0.398. The zero-order valence-corrected chi connectivity index (χ0v) is 10.5. The maximum atomic E-state index is 5.79. The van der Waals surface area contributed by atoms with Crippen molar-refractivity contribution in [1.82, 2.24) is 0 Å². The Kier molecular flexibility index (Phi) is 2.82. The van der Waals surface area contributed by atoms with Gasteiger partial charge in [0, 0.05) is 4.90 Å². The van der Waals surface area contributed by atoms with Crippen molar-refractivity contribution in [3.05, 3.63) is 29.8 Å². The first kappa shape index (κ1) is 11.0. The van der Waals surface area contributed by atoms with Crippen LogP contribution in [-0.4, -0.2) is 12.8 Å². The number of nitrogens with two attached hydrogens (primary N) is 1. The van der Waals surface area contributed by atoms with Crippen molar-refractivity contribution in [2.45, 2.75) is 24.7 Å². The van der Waals surface area contributed by atoms with Crippen LogP contribution in [-0.2, 0) is 0 Å². The first-order valence-electron chi connectivity index (χ1n) is 5.45. The molecule has 0 saturated heterocycles. The molecule has 2 atom stereocenters. The molecular formula is C13H19NS. The molecule has 0 amide bonds. The molecule has 0 unspecified atom stereocenters. The number of rotatable bonds is 3. The van der Waals surface area contributed by atoms with E-state index in [1.165, 1.54) is 10.5 Å². The van der Waals surface area contributed by atoms with E-state index in [-0.39, 0.29) is 0 Å². The average Bonchev–Trinajstić information content (AvgIpc) is 2.80. The smallest absolute Gasteiger partial charge is 0.00693 e. The van der Waals surface area contributed by atoms with Crippen LogP contribution in [0.3, 0.4) is 0 Å². The first-order valence-corrected chi connectivity index (χ1v) is 6.67. The van der Waals surface area contributed by atoms with Crippen molar-refractivity contribution in [3.63, 3.8) is 0 Å². The number of hydrogen-bond acceptors (Lipinski definition) is 2. The van der Waals surface area contributed by atoms with Gasteiger partial charge in [-0.15, -0.1) is 11.8 Å². The van der Waals surface area contributed by atoms with Crippen LogP contribution < -0.4 is 5.73 Å². The van der Waals surface area contributed by atoms with Crippen molar-refractivity contribution < 1.29 is 0 Å². The lowest BCUT2D eigenvalue weighted by atomic mass is 10.0. The van der Waals surface area contributed by atoms with E-state index in [1.54, 1.807) is 11.8 Å². The van der Waals surface area contributed by atoms with Crippen molar-refractivity contribution in [2.24, 2.45) is 17.1 Å². The molecule has 2 rings (SSSR count). The molecule has 2 N–H and O–H groups in total. The highest BCUT2D eigenvalue weighted by molar-refractivity contribution is 7.98. The third kappa shape index (κ3) is 1.81. The fourth-order valence-electron chi connectivity index (χ4n) is 2.66. The summed E-state index contributed by atoms with van der Waals surface area (Å²) in [4.78, 5) is 1.33. The second kappa shape index (κ2) is 3.84. The maximum Gasteiger partial charge on any atom is 0.00693 e. The lowest BCUT2D eigenvalue weighted by Crippen LogP contribution is -2.05. The van der Waals surface area contributed by atoms with Crippen molar-refractivity contribution in [3.8, 4) is 0 Å². The highest BCUT2D eigenvalue weighted by atomic mass is 32.2. The second-order valence-electron chi connectivity index (χ2n) is 4.91. The fourth-order valence-corrected chi connectivity index (χ4v) is 3.07. The predicted octanol–water partition coefficient (Wildman–Crippen LogP) is 3.11. The van der Waals surface area contributed by atoms with E-state index in [9.17, 15) is 0 Å². The molecule has 1 saturated carbocycles. The Morgan fingerprint density at radius 2 is 1.87 bits per heavy atom. The van der Waals surface area contributed by atoms with Crippen molar-refractivity contribution in [1.29, 1.82) is 0 Å². The van der Waals surface area contributed by atoms with Crippen LogP contribution in [0.15, 0.2) is 29.2 Å². The average molecular weight is 221 g/mol. The first-order chi connectivity index (χ1) is 7.11. The summed E-state index contributed by atoms with van der Waals surface area (Å²) in [5.74, 6) is 1.33. The molecule has 1 aromatic carbocycles. The van der Waals surface area contributed by atoms with Crippen LogP contribution in [0.4, 0.5) is 0 Å². The summed E-state index contributed by atoms with van der Waals surface area (Å²) < 4.78 is 0. The Labute approximate surface area is 96.4 Å². The van der Waals surface area contributed by atoms with Crippen LogP contribution in [0.2, 0.25) is 0 Å². The Bertz CT molecular complexity index is 342. The largest absolute Gasteiger partial charge is 0.330 e. The van der Waals surface area contributed by atoms with Gasteiger partial charge in [0.15, 0.2) is 0 Å². The van der Waals surface area contributed by atoms with Crippen molar-refractivity contribution >= 4 is 11.8 Å². The molecule has 0 aliphatic heterocycles. The van der Waals surface area contributed by atoms with Gasteiger partial charge in [-0.2, -0.15) is 0 Å². The highest BCUT2D eigenvalue weighted by Gasteiger charge is 2.56. The zero-order valence-electron chi connectivity index (χ0n) is 9.66. The third-order valence-electron chi connectivity index (χ3n) is 3.78. The lowest BCUT2D eigenvalue weighted by Gasteiger charge is -2.03. The van der Waals surface area contributed by atoms with Crippen LogP contribution in [0.5, 0.6) is 0 Å². The molecular weight excluding hydrogens is 202 g/mol. The molecule has 82 valence electrons. The van der Waals surface area contributed by atoms with Crippen LogP contribution in [0.25, 0.3) is 0 Å². The normalized spacial score (nSPS) is 27.7. The summed E-state index contributed by atoms with van der Waals surface area (Å²) in [6.07, 6.45) is 2.11. The molecule has 1 fully saturated rings. The zero-order chi connectivity index (χ0) is 11.1. The second-order valence-corrected chi connectivity index (χ2v) is 5.79. The SMILES string of the molecule is CSc1ccc([C@@H]2[C@@H](CN)C2(C)C)cc1. The minimum Gasteiger partial charge on any atom is -0.330 e. The summed E-state index contributed by atoms with van der Waals surface area (Å²) >= 11 is 1.79. The van der Waals surface area contributed by atoms with Crippen LogP contribution in [0.1, 0.15) is 25.3 Å². The molecule has 0 radical (unpaired) electrons. The summed E-state index contributed by atoms with van der Waals surface area (Å²) in [6.45, 7) is 5.44. The molecule has 1 nitrogen and oxygen atoms in total. The lowest BCUT2D eigenvalue weighted by molar-refractivity contribution is 0.558. The molecule has 0 bridgehead atoms. The van der Waals surface area contributed by atoms with Gasteiger partial charge in [0.05, 0.1) is 0 Å². The molecule has 2 heteroatoms. The Morgan fingerprint density at radius 1 is 1.27 bits per heavy atom. The quantitative estimate of drug-likeness (QED) is 0.794. The molecule has 0 spiro atoms. The number of benzene rings is 1. The van der Waals surface area contributed by atoms with E-state index in [1.807, 2.05) is 0 Å². The van der Waals surface area contributed by atoms with Crippen LogP contribution >= 0.6 is 11.8 Å². The van der Waals surface area contributed by atoms with E-state index < -0.39 is 0 Å². The van der Waals surface area contributed by atoms with Gasteiger partial charge in [-0.05, 0) is 47.7 Å². The summed E-state index contributed by atoms with van der Waals surface area (Å²) in [5.41, 5.74) is 7.64.